The molecule has 20 heavy (non-hydrogen) atoms. The van der Waals surface area contributed by atoms with Gasteiger partial charge >= 0.3 is 123 Å². The Labute approximate surface area is 123 Å². The quantitative estimate of drug-likeness (QED) is 0.692. The van der Waals surface area contributed by atoms with Gasteiger partial charge in [-0.1, -0.05) is 0 Å². The third-order valence-corrected chi connectivity index (χ3v) is 8.41. The summed E-state index contributed by atoms with van der Waals surface area (Å²) >= 11 is 0. The first-order chi connectivity index (χ1) is 9.82. The van der Waals surface area contributed by atoms with Gasteiger partial charge in [-0.3, -0.25) is 0 Å². The Morgan fingerprint density at radius 1 is 0.950 bits per heavy atom. The maximum absolute atomic E-state index is 6.62. The van der Waals surface area contributed by atoms with E-state index in [2.05, 4.69) is 37.3 Å². The summed E-state index contributed by atoms with van der Waals surface area (Å²) in [5.41, 5.74) is 0. The Hall–Kier alpha value is -0.430. The second-order valence-corrected chi connectivity index (χ2v) is 9.27. The van der Waals surface area contributed by atoms with Crippen LogP contribution in [0.25, 0.3) is 0 Å². The third-order valence-electron chi connectivity index (χ3n) is 4.61. The van der Waals surface area contributed by atoms with Gasteiger partial charge in [0.2, 0.25) is 0 Å². The van der Waals surface area contributed by atoms with Gasteiger partial charge in [0.05, 0.1) is 0 Å². The first-order valence-electron chi connectivity index (χ1n) is 8.23. The molecular formula is C17H27O2P. The van der Waals surface area contributed by atoms with Gasteiger partial charge in [0.1, 0.15) is 0 Å². The van der Waals surface area contributed by atoms with E-state index < -0.39 is 7.72 Å². The molecule has 2 aliphatic rings. The molecule has 0 atom stereocenters. The van der Waals surface area contributed by atoms with Crippen molar-refractivity contribution in [1.82, 2.24) is 0 Å². The average molecular weight is 294 g/mol. The predicted molar refractivity (Wildman–Crippen MR) is 87.0 cm³/mol. The van der Waals surface area contributed by atoms with Crippen molar-refractivity contribution in [1.29, 1.82) is 0 Å². The third kappa shape index (κ3) is 3.08. The molecule has 3 heteroatoms. The number of hydrogen-bond acceptors (Lipinski definition) is 2. The van der Waals surface area contributed by atoms with E-state index in [9.17, 15) is 0 Å². The molecule has 0 saturated heterocycles. The summed E-state index contributed by atoms with van der Waals surface area (Å²) in [5.74, 6) is 0. The summed E-state index contributed by atoms with van der Waals surface area (Å²) in [6, 6.07) is 10.8. The molecule has 0 unspecified atom stereocenters. The van der Waals surface area contributed by atoms with Crippen molar-refractivity contribution in [2.75, 3.05) is 6.16 Å². The molecule has 2 saturated carbocycles. The fourth-order valence-electron chi connectivity index (χ4n) is 2.96. The second-order valence-electron chi connectivity index (χ2n) is 6.21. The molecule has 2 nitrogen and oxygen atoms in total. The van der Waals surface area contributed by atoms with Crippen LogP contribution in [-0.4, -0.2) is 18.4 Å². The van der Waals surface area contributed by atoms with Gasteiger partial charge in [-0.25, -0.2) is 0 Å². The minimum absolute atomic E-state index is 0.452. The van der Waals surface area contributed by atoms with Crippen molar-refractivity contribution >= 4 is 13.0 Å². The van der Waals surface area contributed by atoms with Crippen LogP contribution in [0.2, 0.25) is 0 Å². The van der Waals surface area contributed by atoms with E-state index in [1.165, 1.54) is 43.8 Å². The molecule has 0 heterocycles. The van der Waals surface area contributed by atoms with Crippen LogP contribution in [0.1, 0.15) is 51.9 Å². The van der Waals surface area contributed by atoms with Gasteiger partial charge in [-0.05, 0) is 0 Å². The maximum atomic E-state index is 6.62. The molecule has 0 radical (unpaired) electrons. The Morgan fingerprint density at radius 3 is 1.90 bits per heavy atom. The number of hydrogen-bond donors (Lipinski definition) is 0. The Bertz CT molecular complexity index is 396. The number of benzene rings is 1. The zero-order valence-electron chi connectivity index (χ0n) is 12.5. The van der Waals surface area contributed by atoms with Gasteiger partial charge in [0, 0.05) is 0 Å². The molecule has 2 fully saturated rings. The summed E-state index contributed by atoms with van der Waals surface area (Å²) < 4.78 is 13.2. The van der Waals surface area contributed by atoms with Crippen molar-refractivity contribution in [3.8, 4) is 0 Å². The molecule has 2 aliphatic carbocycles. The van der Waals surface area contributed by atoms with Crippen LogP contribution in [-0.2, 0) is 9.05 Å². The molecule has 0 spiro atoms. The van der Waals surface area contributed by atoms with Crippen molar-refractivity contribution in [3.63, 3.8) is 0 Å². The molecule has 1 aromatic carbocycles. The van der Waals surface area contributed by atoms with E-state index in [1.54, 1.807) is 0 Å². The van der Waals surface area contributed by atoms with Crippen molar-refractivity contribution < 1.29 is 9.05 Å². The van der Waals surface area contributed by atoms with Gasteiger partial charge < -0.3 is 0 Å². The fraction of sp³-hybridized carbons (Fsp3) is 0.647. The molecule has 3 rings (SSSR count). The standard InChI is InChI=1S/C17H27O2P/c1-2-14-20(18-15-8-6-9-15,19-16-10-7-11-16)17-12-4-3-5-13-17/h3-5,12-13,15-16,20H,2,6-11,14H2,1H3. The summed E-state index contributed by atoms with van der Waals surface area (Å²) in [6.45, 7) is 2.25. The van der Waals surface area contributed by atoms with Crippen molar-refractivity contribution in [3.05, 3.63) is 30.3 Å². The van der Waals surface area contributed by atoms with E-state index in [4.69, 9.17) is 9.05 Å². The molecule has 0 aromatic heterocycles. The average Bonchev–Trinajstić information content (AvgIpc) is 2.39. The monoisotopic (exact) mass is 294 g/mol. The van der Waals surface area contributed by atoms with Crippen LogP contribution in [0.15, 0.2) is 30.3 Å². The van der Waals surface area contributed by atoms with Crippen LogP contribution < -0.4 is 5.30 Å². The van der Waals surface area contributed by atoms with Crippen molar-refractivity contribution in [2.24, 2.45) is 0 Å². The summed E-state index contributed by atoms with van der Waals surface area (Å²) in [7, 11) is -2.24. The minimum atomic E-state index is -2.24. The van der Waals surface area contributed by atoms with Crippen LogP contribution in [0.3, 0.4) is 0 Å². The molecule has 0 bridgehead atoms. The fourth-order valence-corrected chi connectivity index (χ4v) is 6.72. The van der Waals surface area contributed by atoms with E-state index in [0.717, 1.165) is 12.6 Å². The first kappa shape index (κ1) is 14.5. The van der Waals surface area contributed by atoms with Gasteiger partial charge in [-0.15, -0.1) is 0 Å². The van der Waals surface area contributed by atoms with E-state index in [-0.39, 0.29) is 0 Å². The summed E-state index contributed by atoms with van der Waals surface area (Å²) in [6.07, 6.45) is 10.7. The van der Waals surface area contributed by atoms with Crippen molar-refractivity contribution in [2.45, 2.75) is 64.1 Å². The second kappa shape index (κ2) is 6.56. The SMILES string of the molecule is CCC[PH](OC1CCC1)(OC1CCC1)c1ccccc1. The molecule has 112 valence electrons. The van der Waals surface area contributed by atoms with Crippen LogP contribution >= 0.6 is 7.72 Å². The molecule has 0 aliphatic heterocycles. The summed E-state index contributed by atoms with van der Waals surface area (Å²) in [5, 5.41) is 1.33. The zero-order chi connectivity index (χ0) is 13.8. The first-order valence-corrected chi connectivity index (χ1v) is 10.3. The van der Waals surface area contributed by atoms with Crippen LogP contribution in [0.5, 0.6) is 0 Å². The molecule has 0 N–H and O–H groups in total. The molecule has 1 aromatic rings. The van der Waals surface area contributed by atoms with E-state index in [0.29, 0.717) is 12.2 Å². The molecular weight excluding hydrogens is 267 g/mol. The Kier molecular flexibility index (Phi) is 4.75. The van der Waals surface area contributed by atoms with Crippen LogP contribution in [0, 0.1) is 0 Å². The Balaban J connectivity index is 1.84. The topological polar surface area (TPSA) is 18.5 Å². The normalized spacial score (nSPS) is 21.2. The zero-order valence-corrected chi connectivity index (χ0v) is 13.5. The number of rotatable bonds is 7. The Morgan fingerprint density at radius 2 is 1.50 bits per heavy atom. The van der Waals surface area contributed by atoms with Gasteiger partial charge in [0.15, 0.2) is 0 Å². The predicted octanol–water partition coefficient (Wildman–Crippen LogP) is 4.44. The van der Waals surface area contributed by atoms with E-state index >= 15 is 0 Å². The van der Waals surface area contributed by atoms with E-state index in [1.807, 2.05) is 0 Å². The van der Waals surface area contributed by atoms with Crippen LogP contribution in [0.4, 0.5) is 0 Å². The molecule has 0 amide bonds. The summed E-state index contributed by atoms with van der Waals surface area (Å²) in [4.78, 5) is 0. The van der Waals surface area contributed by atoms with Gasteiger partial charge in [0.25, 0.3) is 0 Å². The van der Waals surface area contributed by atoms with Gasteiger partial charge in [-0.2, -0.15) is 0 Å².